The Morgan fingerprint density at radius 3 is 2.87 bits per heavy atom. The van der Waals surface area contributed by atoms with Crippen molar-refractivity contribution in [3.05, 3.63) is 18.2 Å². The van der Waals surface area contributed by atoms with Crippen molar-refractivity contribution in [3.63, 3.8) is 0 Å². The van der Waals surface area contributed by atoms with E-state index in [0.29, 0.717) is 6.42 Å². The van der Waals surface area contributed by atoms with Gasteiger partial charge in [-0.15, -0.1) is 0 Å². The summed E-state index contributed by atoms with van der Waals surface area (Å²) in [6.07, 6.45) is 8.40. The number of amides is 1. The van der Waals surface area contributed by atoms with Crippen LogP contribution in [0.5, 0.6) is 0 Å². The van der Waals surface area contributed by atoms with Crippen LogP contribution in [0.2, 0.25) is 0 Å². The molecule has 82 valence electrons. The molecule has 1 amide bonds. The highest BCUT2D eigenvalue weighted by atomic mass is 16.2. The maximum Gasteiger partial charge on any atom is 0.223 e. The first kappa shape index (κ1) is 10.2. The van der Waals surface area contributed by atoms with Crippen LogP contribution in [-0.2, 0) is 11.2 Å². The predicted octanol–water partition coefficient (Wildman–Crippen LogP) is 1.35. The number of nitrogens with zero attached hydrogens (tertiary/aromatic N) is 2. The van der Waals surface area contributed by atoms with Gasteiger partial charge in [-0.25, -0.2) is 4.98 Å². The summed E-state index contributed by atoms with van der Waals surface area (Å²) >= 11 is 0. The van der Waals surface area contributed by atoms with Gasteiger partial charge < -0.3 is 9.88 Å². The number of nitrogens with one attached hydrogen (secondary N) is 1. The van der Waals surface area contributed by atoms with Crippen LogP contribution >= 0.6 is 0 Å². The van der Waals surface area contributed by atoms with E-state index in [1.54, 1.807) is 12.4 Å². The van der Waals surface area contributed by atoms with E-state index in [4.69, 9.17) is 0 Å². The fraction of sp³-hybridized carbons (Fsp3) is 0.636. The van der Waals surface area contributed by atoms with Crippen LogP contribution < -0.4 is 0 Å². The lowest BCUT2D eigenvalue weighted by Crippen LogP contribution is -2.35. The van der Waals surface area contributed by atoms with Crippen molar-refractivity contribution in [2.75, 3.05) is 13.1 Å². The molecule has 0 atom stereocenters. The Labute approximate surface area is 89.7 Å². The summed E-state index contributed by atoms with van der Waals surface area (Å²) in [5.74, 6) is 1.17. The Balaban J connectivity index is 1.76. The summed E-state index contributed by atoms with van der Waals surface area (Å²) in [6, 6.07) is 0. The predicted molar refractivity (Wildman–Crippen MR) is 57.3 cm³/mol. The van der Waals surface area contributed by atoms with E-state index >= 15 is 0 Å². The molecule has 1 aromatic rings. The number of aryl methyl sites for hydroxylation is 1. The van der Waals surface area contributed by atoms with Crippen molar-refractivity contribution < 1.29 is 4.79 Å². The van der Waals surface area contributed by atoms with Gasteiger partial charge in [-0.05, 0) is 19.3 Å². The van der Waals surface area contributed by atoms with E-state index in [0.717, 1.165) is 38.2 Å². The van der Waals surface area contributed by atoms with E-state index < -0.39 is 0 Å². The number of imidazole rings is 1. The number of rotatable bonds is 3. The molecule has 1 saturated heterocycles. The van der Waals surface area contributed by atoms with Crippen molar-refractivity contribution >= 4 is 5.91 Å². The second-order valence-electron chi connectivity index (χ2n) is 3.98. The number of hydrogen-bond donors (Lipinski definition) is 1. The van der Waals surface area contributed by atoms with Crippen molar-refractivity contribution in [3.8, 4) is 0 Å². The van der Waals surface area contributed by atoms with E-state index in [9.17, 15) is 4.79 Å². The molecule has 1 N–H and O–H groups in total. The van der Waals surface area contributed by atoms with Crippen molar-refractivity contribution in [1.82, 2.24) is 14.9 Å². The number of piperidine rings is 1. The van der Waals surface area contributed by atoms with Crippen molar-refractivity contribution in [1.29, 1.82) is 0 Å². The summed E-state index contributed by atoms with van der Waals surface area (Å²) < 4.78 is 0. The molecule has 1 aliphatic heterocycles. The molecule has 1 aliphatic rings. The Kier molecular flexibility index (Phi) is 3.37. The fourth-order valence-electron chi connectivity index (χ4n) is 1.96. The molecule has 2 heterocycles. The first-order valence-electron chi connectivity index (χ1n) is 5.62. The molecule has 0 radical (unpaired) electrons. The minimum atomic E-state index is 0.270. The number of carbonyl (C=O) groups is 1. The minimum Gasteiger partial charge on any atom is -0.349 e. The fourth-order valence-corrected chi connectivity index (χ4v) is 1.96. The standard InChI is InChI=1S/C11H17N3O/c15-11(14-8-2-1-3-9-14)5-4-10-12-6-7-13-10/h6-7H,1-5,8-9H2,(H,12,13). The van der Waals surface area contributed by atoms with Gasteiger partial charge in [0.15, 0.2) is 0 Å². The first-order valence-corrected chi connectivity index (χ1v) is 5.62. The molecular formula is C11H17N3O. The van der Waals surface area contributed by atoms with Gasteiger partial charge >= 0.3 is 0 Å². The van der Waals surface area contributed by atoms with Gasteiger partial charge in [0, 0.05) is 38.3 Å². The molecule has 4 nitrogen and oxygen atoms in total. The molecule has 2 rings (SSSR count). The lowest BCUT2D eigenvalue weighted by Gasteiger charge is -2.26. The summed E-state index contributed by atoms with van der Waals surface area (Å²) in [6.45, 7) is 1.88. The molecule has 0 saturated carbocycles. The number of likely N-dealkylation sites (tertiary alicyclic amines) is 1. The van der Waals surface area contributed by atoms with Gasteiger partial charge in [-0.1, -0.05) is 0 Å². The lowest BCUT2D eigenvalue weighted by atomic mass is 10.1. The van der Waals surface area contributed by atoms with Gasteiger partial charge in [-0.2, -0.15) is 0 Å². The van der Waals surface area contributed by atoms with E-state index in [1.165, 1.54) is 6.42 Å². The molecular weight excluding hydrogens is 190 g/mol. The summed E-state index contributed by atoms with van der Waals surface area (Å²) in [4.78, 5) is 20.9. The Morgan fingerprint density at radius 2 is 2.20 bits per heavy atom. The second kappa shape index (κ2) is 4.96. The number of H-pyrrole nitrogens is 1. The van der Waals surface area contributed by atoms with Gasteiger partial charge in [0.25, 0.3) is 0 Å². The average molecular weight is 207 g/mol. The zero-order chi connectivity index (χ0) is 10.5. The molecule has 4 heteroatoms. The average Bonchev–Trinajstić information content (AvgIpc) is 2.80. The van der Waals surface area contributed by atoms with E-state index in [1.807, 2.05) is 4.90 Å². The quantitative estimate of drug-likeness (QED) is 0.813. The van der Waals surface area contributed by atoms with E-state index in [-0.39, 0.29) is 5.91 Å². The molecule has 0 bridgehead atoms. The number of aromatic nitrogens is 2. The maximum absolute atomic E-state index is 11.8. The summed E-state index contributed by atoms with van der Waals surface area (Å²) in [5.41, 5.74) is 0. The van der Waals surface area contributed by atoms with Crippen LogP contribution in [0.1, 0.15) is 31.5 Å². The molecule has 1 aromatic heterocycles. The molecule has 0 aliphatic carbocycles. The summed E-state index contributed by atoms with van der Waals surface area (Å²) in [7, 11) is 0. The molecule has 0 aromatic carbocycles. The zero-order valence-electron chi connectivity index (χ0n) is 8.91. The normalized spacial score (nSPS) is 16.7. The van der Waals surface area contributed by atoms with Crippen LogP contribution in [0.4, 0.5) is 0 Å². The Morgan fingerprint density at radius 1 is 1.40 bits per heavy atom. The van der Waals surface area contributed by atoms with Crippen LogP contribution in [0.15, 0.2) is 12.4 Å². The number of aromatic amines is 1. The van der Waals surface area contributed by atoms with Gasteiger partial charge in [0.2, 0.25) is 5.91 Å². The largest absolute Gasteiger partial charge is 0.349 e. The van der Waals surface area contributed by atoms with Gasteiger partial charge in [0.05, 0.1) is 0 Å². The lowest BCUT2D eigenvalue weighted by molar-refractivity contribution is -0.132. The SMILES string of the molecule is O=C(CCc1ncc[nH]1)N1CCCCC1. The number of hydrogen-bond acceptors (Lipinski definition) is 2. The van der Waals surface area contributed by atoms with Crippen LogP contribution in [0.25, 0.3) is 0 Å². The first-order chi connectivity index (χ1) is 7.36. The number of carbonyl (C=O) groups excluding carboxylic acids is 1. The highest BCUT2D eigenvalue weighted by Gasteiger charge is 2.16. The third-order valence-corrected chi connectivity index (χ3v) is 2.84. The monoisotopic (exact) mass is 207 g/mol. The van der Waals surface area contributed by atoms with Crippen molar-refractivity contribution in [2.24, 2.45) is 0 Å². The maximum atomic E-state index is 11.8. The van der Waals surface area contributed by atoms with Crippen LogP contribution in [0.3, 0.4) is 0 Å². The molecule has 1 fully saturated rings. The zero-order valence-corrected chi connectivity index (χ0v) is 8.91. The van der Waals surface area contributed by atoms with Crippen LogP contribution in [0, 0.1) is 0 Å². The van der Waals surface area contributed by atoms with E-state index in [2.05, 4.69) is 9.97 Å². The van der Waals surface area contributed by atoms with Gasteiger partial charge in [0.1, 0.15) is 5.82 Å². The summed E-state index contributed by atoms with van der Waals surface area (Å²) in [5, 5.41) is 0. The molecule has 0 spiro atoms. The van der Waals surface area contributed by atoms with Gasteiger partial charge in [-0.3, -0.25) is 4.79 Å². The highest BCUT2D eigenvalue weighted by molar-refractivity contribution is 5.76. The molecule has 15 heavy (non-hydrogen) atoms. The molecule has 0 unspecified atom stereocenters. The third kappa shape index (κ3) is 2.81. The second-order valence-corrected chi connectivity index (χ2v) is 3.98. The Hall–Kier alpha value is -1.32. The highest BCUT2D eigenvalue weighted by Crippen LogP contribution is 2.10. The Bertz CT molecular complexity index is 302. The van der Waals surface area contributed by atoms with Crippen molar-refractivity contribution in [2.45, 2.75) is 32.1 Å². The minimum absolute atomic E-state index is 0.270. The third-order valence-electron chi connectivity index (χ3n) is 2.84. The topological polar surface area (TPSA) is 49.0 Å². The van der Waals surface area contributed by atoms with Crippen LogP contribution in [-0.4, -0.2) is 33.9 Å². The smallest absolute Gasteiger partial charge is 0.223 e.